The summed E-state index contributed by atoms with van der Waals surface area (Å²) < 4.78 is 5.56. The number of fused-ring (bicyclic) bond motifs is 5. The lowest BCUT2D eigenvalue weighted by atomic mass is 9.89. The smallest absolute Gasteiger partial charge is 0.411 e. The molecule has 2 bridgehead atoms. The monoisotopic (exact) mass is 259 g/mol. The van der Waals surface area contributed by atoms with Gasteiger partial charge < -0.3 is 4.74 Å². The molecule has 3 nitrogen and oxygen atoms in total. The topological polar surface area (TPSA) is 29.5 Å². The van der Waals surface area contributed by atoms with Crippen molar-refractivity contribution in [1.29, 1.82) is 0 Å². The number of ether oxygens (including phenoxy) is 1. The zero-order valence-electron chi connectivity index (χ0n) is 12.1. The molecule has 0 aromatic heterocycles. The molecule has 0 spiro atoms. The van der Waals surface area contributed by atoms with Gasteiger partial charge in [0.05, 0.1) is 12.1 Å². The lowest BCUT2D eigenvalue weighted by Gasteiger charge is -2.27. The summed E-state index contributed by atoms with van der Waals surface area (Å²) in [6.07, 6.45) is 1.94. The van der Waals surface area contributed by atoms with Crippen LogP contribution in [-0.2, 0) is 4.74 Å². The first-order valence-electron chi connectivity index (χ1n) is 6.99. The summed E-state index contributed by atoms with van der Waals surface area (Å²) in [6.45, 7) is 7.89. The Morgan fingerprint density at radius 1 is 1.26 bits per heavy atom. The van der Waals surface area contributed by atoms with E-state index in [-0.39, 0.29) is 18.2 Å². The maximum atomic E-state index is 12.4. The van der Waals surface area contributed by atoms with Crippen molar-refractivity contribution in [2.24, 2.45) is 0 Å². The van der Waals surface area contributed by atoms with E-state index in [4.69, 9.17) is 4.74 Å². The molecule has 19 heavy (non-hydrogen) atoms. The van der Waals surface area contributed by atoms with Crippen molar-refractivity contribution < 1.29 is 9.53 Å². The van der Waals surface area contributed by atoms with Gasteiger partial charge in [-0.15, -0.1) is 0 Å². The van der Waals surface area contributed by atoms with Crippen LogP contribution in [0.25, 0.3) is 0 Å². The van der Waals surface area contributed by atoms with Gasteiger partial charge in [0.1, 0.15) is 5.60 Å². The average molecular weight is 259 g/mol. The molecule has 1 aromatic rings. The quantitative estimate of drug-likeness (QED) is 0.701. The Balaban J connectivity index is 1.93. The van der Waals surface area contributed by atoms with Crippen molar-refractivity contribution >= 4 is 6.09 Å². The Morgan fingerprint density at radius 2 is 1.95 bits per heavy atom. The summed E-state index contributed by atoms with van der Waals surface area (Å²) in [5, 5.41) is 0. The first-order valence-corrected chi connectivity index (χ1v) is 6.99. The van der Waals surface area contributed by atoms with Crippen LogP contribution in [0.5, 0.6) is 0 Å². The van der Waals surface area contributed by atoms with E-state index in [1.165, 1.54) is 16.7 Å². The molecule has 0 aliphatic carbocycles. The van der Waals surface area contributed by atoms with Gasteiger partial charge in [0.25, 0.3) is 0 Å². The summed E-state index contributed by atoms with van der Waals surface area (Å²) in [5.74, 6) is 0. The molecular formula is C16H21NO2. The number of benzene rings is 1. The third-order valence-corrected chi connectivity index (χ3v) is 4.04. The molecule has 2 atom stereocenters. The first kappa shape index (κ1) is 12.5. The van der Waals surface area contributed by atoms with Gasteiger partial charge in [-0.1, -0.05) is 18.2 Å². The van der Waals surface area contributed by atoms with Crippen LogP contribution >= 0.6 is 0 Å². The Kier molecular flexibility index (Phi) is 2.63. The van der Waals surface area contributed by atoms with Gasteiger partial charge in [-0.3, -0.25) is 4.90 Å². The normalized spacial score (nSPS) is 24.5. The van der Waals surface area contributed by atoms with Crippen LogP contribution in [0.15, 0.2) is 18.2 Å². The molecule has 0 saturated carbocycles. The van der Waals surface area contributed by atoms with Crippen molar-refractivity contribution in [1.82, 2.24) is 4.90 Å². The van der Waals surface area contributed by atoms with Crippen molar-refractivity contribution in [2.75, 3.05) is 0 Å². The van der Waals surface area contributed by atoms with E-state index in [2.05, 4.69) is 25.1 Å². The molecule has 0 radical (unpaired) electrons. The molecular weight excluding hydrogens is 238 g/mol. The molecule has 2 aliphatic rings. The highest BCUT2D eigenvalue weighted by atomic mass is 16.6. The predicted molar refractivity (Wildman–Crippen MR) is 74.0 cm³/mol. The van der Waals surface area contributed by atoms with Gasteiger partial charge in [-0.25, -0.2) is 4.79 Å². The Bertz CT molecular complexity index is 530. The van der Waals surface area contributed by atoms with E-state index >= 15 is 0 Å². The first-order chi connectivity index (χ1) is 8.88. The van der Waals surface area contributed by atoms with Crippen LogP contribution in [0.4, 0.5) is 4.79 Å². The zero-order valence-corrected chi connectivity index (χ0v) is 12.1. The second-order valence-electron chi connectivity index (χ2n) is 6.57. The summed E-state index contributed by atoms with van der Waals surface area (Å²) in [6, 6.07) is 6.81. The van der Waals surface area contributed by atoms with Crippen LogP contribution < -0.4 is 0 Å². The average Bonchev–Trinajstić information content (AvgIpc) is 2.83. The zero-order chi connectivity index (χ0) is 13.8. The molecule has 102 valence electrons. The van der Waals surface area contributed by atoms with E-state index in [1.54, 1.807) is 0 Å². The summed E-state index contributed by atoms with van der Waals surface area (Å²) >= 11 is 0. The molecule has 3 heteroatoms. The van der Waals surface area contributed by atoms with Crippen LogP contribution in [0.1, 0.15) is 62.4 Å². The fraction of sp³-hybridized carbons (Fsp3) is 0.562. The minimum absolute atomic E-state index is 0.171. The van der Waals surface area contributed by atoms with E-state index in [0.717, 1.165) is 12.8 Å². The number of nitrogens with zero attached hydrogens (tertiary/aromatic N) is 1. The number of amides is 1. The molecule has 2 aliphatic heterocycles. The lowest BCUT2D eigenvalue weighted by Crippen LogP contribution is -2.34. The number of aryl methyl sites for hydroxylation is 1. The minimum Gasteiger partial charge on any atom is -0.444 e. The highest BCUT2D eigenvalue weighted by Gasteiger charge is 2.48. The molecule has 1 saturated heterocycles. The van der Waals surface area contributed by atoms with E-state index in [1.807, 2.05) is 25.7 Å². The Hall–Kier alpha value is -1.51. The van der Waals surface area contributed by atoms with Crippen LogP contribution in [0.2, 0.25) is 0 Å². The van der Waals surface area contributed by atoms with Gasteiger partial charge >= 0.3 is 6.09 Å². The van der Waals surface area contributed by atoms with Gasteiger partial charge in [-0.05, 0) is 57.2 Å². The SMILES string of the molecule is Cc1cccc2c1[C@H]1CC[C@@H]2N1C(=O)OC(C)(C)C. The molecule has 3 rings (SSSR count). The molecule has 1 fully saturated rings. The fourth-order valence-electron chi connectivity index (χ4n) is 3.42. The Labute approximate surface area is 114 Å². The van der Waals surface area contributed by atoms with E-state index in [0.29, 0.717) is 0 Å². The summed E-state index contributed by atoms with van der Waals surface area (Å²) in [4.78, 5) is 14.4. The number of rotatable bonds is 0. The van der Waals surface area contributed by atoms with E-state index in [9.17, 15) is 4.79 Å². The maximum Gasteiger partial charge on any atom is 0.411 e. The van der Waals surface area contributed by atoms with Gasteiger partial charge in [-0.2, -0.15) is 0 Å². The van der Waals surface area contributed by atoms with Gasteiger partial charge in [0, 0.05) is 0 Å². The molecule has 2 heterocycles. The van der Waals surface area contributed by atoms with Crippen molar-refractivity contribution in [3.8, 4) is 0 Å². The number of carbonyl (C=O) groups is 1. The number of carbonyl (C=O) groups excluding carboxylic acids is 1. The van der Waals surface area contributed by atoms with Crippen LogP contribution in [-0.4, -0.2) is 16.6 Å². The van der Waals surface area contributed by atoms with Gasteiger partial charge in [0.2, 0.25) is 0 Å². The molecule has 1 aromatic carbocycles. The summed E-state index contributed by atoms with van der Waals surface area (Å²) in [7, 11) is 0. The van der Waals surface area contributed by atoms with Gasteiger partial charge in [0.15, 0.2) is 0 Å². The third-order valence-electron chi connectivity index (χ3n) is 4.04. The standard InChI is InChI=1S/C16H21NO2/c1-10-6-5-7-11-12-8-9-13(14(10)11)17(12)15(18)19-16(2,3)4/h5-7,12-13H,8-9H2,1-4H3/t12-,13+/m0/s1. The number of hydrogen-bond acceptors (Lipinski definition) is 2. The van der Waals surface area contributed by atoms with Crippen molar-refractivity contribution in [3.63, 3.8) is 0 Å². The van der Waals surface area contributed by atoms with Crippen molar-refractivity contribution in [3.05, 3.63) is 34.9 Å². The summed E-state index contributed by atoms with van der Waals surface area (Å²) in [5.41, 5.74) is 3.53. The van der Waals surface area contributed by atoms with Crippen molar-refractivity contribution in [2.45, 2.75) is 58.2 Å². The minimum atomic E-state index is -0.430. The Morgan fingerprint density at radius 3 is 2.58 bits per heavy atom. The molecule has 1 amide bonds. The highest BCUT2D eigenvalue weighted by molar-refractivity contribution is 5.72. The lowest BCUT2D eigenvalue weighted by molar-refractivity contribution is 0.0177. The predicted octanol–water partition coefficient (Wildman–Crippen LogP) is 4.12. The second-order valence-corrected chi connectivity index (χ2v) is 6.57. The maximum absolute atomic E-state index is 12.4. The second kappa shape index (κ2) is 3.99. The molecule has 0 unspecified atom stereocenters. The molecule has 0 N–H and O–H groups in total. The van der Waals surface area contributed by atoms with Crippen LogP contribution in [0.3, 0.4) is 0 Å². The highest BCUT2D eigenvalue weighted by Crippen LogP contribution is 2.54. The number of hydrogen-bond donors (Lipinski definition) is 0. The fourth-order valence-corrected chi connectivity index (χ4v) is 3.42. The largest absolute Gasteiger partial charge is 0.444 e. The van der Waals surface area contributed by atoms with Crippen LogP contribution in [0, 0.1) is 6.92 Å². The third kappa shape index (κ3) is 1.92. The van der Waals surface area contributed by atoms with E-state index < -0.39 is 5.60 Å².